The first-order valence-electron chi connectivity index (χ1n) is 9.99. The summed E-state index contributed by atoms with van der Waals surface area (Å²) in [4.78, 5) is 13.8. The lowest BCUT2D eigenvalue weighted by Crippen LogP contribution is -2.43. The number of nitrogens with zero attached hydrogens (tertiary/aromatic N) is 2. The van der Waals surface area contributed by atoms with Gasteiger partial charge in [-0.3, -0.25) is 4.79 Å². The molecule has 1 N–H and O–H groups in total. The van der Waals surface area contributed by atoms with Crippen LogP contribution in [0.4, 0.5) is 5.69 Å². The van der Waals surface area contributed by atoms with E-state index in [-0.39, 0.29) is 23.1 Å². The molecule has 1 saturated heterocycles. The van der Waals surface area contributed by atoms with Crippen LogP contribution in [-0.2, 0) is 14.8 Å². The van der Waals surface area contributed by atoms with Gasteiger partial charge in [-0.25, -0.2) is 8.42 Å². The maximum absolute atomic E-state index is 13.4. The number of sulfonamides is 1. The summed E-state index contributed by atoms with van der Waals surface area (Å²) in [5.74, 6) is -0.401. The lowest BCUT2D eigenvalue weighted by Gasteiger charge is -2.31. The Morgan fingerprint density at radius 1 is 1.23 bits per heavy atom. The van der Waals surface area contributed by atoms with Gasteiger partial charge >= 0.3 is 0 Å². The number of para-hydroxylation sites is 1. The van der Waals surface area contributed by atoms with Gasteiger partial charge in [0.1, 0.15) is 5.69 Å². The van der Waals surface area contributed by atoms with Gasteiger partial charge in [0.05, 0.1) is 5.92 Å². The van der Waals surface area contributed by atoms with E-state index in [1.807, 2.05) is 47.8 Å². The van der Waals surface area contributed by atoms with E-state index < -0.39 is 15.9 Å². The number of aromatic nitrogens is 1. The highest BCUT2D eigenvalue weighted by Crippen LogP contribution is 2.30. The third-order valence-corrected chi connectivity index (χ3v) is 8.03. The number of benzene rings is 1. The molecule has 9 heteroatoms. The van der Waals surface area contributed by atoms with Gasteiger partial charge in [-0.2, -0.15) is 4.31 Å². The molecule has 3 aromatic rings. The average Bonchev–Trinajstić information content (AvgIpc) is 3.42. The molecule has 0 radical (unpaired) electrons. The number of thiophene rings is 1. The molecule has 162 valence electrons. The van der Waals surface area contributed by atoms with Gasteiger partial charge in [-0.15, -0.1) is 11.3 Å². The second-order valence-electron chi connectivity index (χ2n) is 7.37. The van der Waals surface area contributed by atoms with Crippen molar-refractivity contribution in [2.75, 3.05) is 18.4 Å². The summed E-state index contributed by atoms with van der Waals surface area (Å²) in [6.07, 6.45) is 4.67. The van der Waals surface area contributed by atoms with Crippen LogP contribution < -0.4 is 5.32 Å². The third kappa shape index (κ3) is 4.79. The van der Waals surface area contributed by atoms with Gasteiger partial charge in [0.2, 0.25) is 15.9 Å². The molecule has 4 rings (SSSR count). The third-order valence-electron chi connectivity index (χ3n) is 5.17. The molecule has 7 nitrogen and oxygen atoms in total. The number of carbonyl (C=O) groups excluding carboxylic acids is 1. The number of nitrogens with one attached hydrogen (secondary N) is 1. The van der Waals surface area contributed by atoms with Gasteiger partial charge in [0, 0.05) is 23.7 Å². The van der Waals surface area contributed by atoms with Crippen molar-refractivity contribution in [1.82, 2.24) is 9.46 Å². The molecule has 2 aromatic heterocycles. The van der Waals surface area contributed by atoms with Crippen LogP contribution in [0, 0.1) is 12.8 Å². The summed E-state index contributed by atoms with van der Waals surface area (Å²) < 4.78 is 33.6. The van der Waals surface area contributed by atoms with Crippen molar-refractivity contribution in [3.8, 4) is 0 Å². The Bertz CT molecular complexity index is 1170. The van der Waals surface area contributed by atoms with Crippen LogP contribution in [0.2, 0.25) is 0 Å². The molecule has 3 heterocycles. The first kappa shape index (κ1) is 21.5. The Labute approximate surface area is 185 Å². The first-order valence-corrected chi connectivity index (χ1v) is 12.3. The predicted octanol–water partition coefficient (Wildman–Crippen LogP) is 4.25. The van der Waals surface area contributed by atoms with Gasteiger partial charge in [-0.1, -0.05) is 29.4 Å². The molecule has 0 spiro atoms. The normalized spacial score (nSPS) is 17.8. The highest BCUT2D eigenvalue weighted by molar-refractivity contribution is 7.89. The summed E-state index contributed by atoms with van der Waals surface area (Å²) in [5, 5.41) is 8.70. The van der Waals surface area contributed by atoms with Crippen molar-refractivity contribution in [3.63, 3.8) is 0 Å². The monoisotopic (exact) mass is 457 g/mol. The van der Waals surface area contributed by atoms with E-state index in [4.69, 9.17) is 4.52 Å². The summed E-state index contributed by atoms with van der Waals surface area (Å²) in [6.45, 7) is 2.10. The fourth-order valence-electron chi connectivity index (χ4n) is 3.61. The molecule has 0 aliphatic carbocycles. The van der Waals surface area contributed by atoms with Crippen LogP contribution in [0.3, 0.4) is 0 Å². The molecular weight excluding hydrogens is 434 g/mol. The molecule has 0 bridgehead atoms. The number of hydrogen-bond donors (Lipinski definition) is 1. The van der Waals surface area contributed by atoms with Gasteiger partial charge in [0.15, 0.2) is 10.7 Å². The van der Waals surface area contributed by atoms with Crippen LogP contribution in [0.15, 0.2) is 57.3 Å². The van der Waals surface area contributed by atoms with E-state index in [1.165, 1.54) is 4.31 Å². The molecule has 31 heavy (non-hydrogen) atoms. The van der Waals surface area contributed by atoms with Crippen molar-refractivity contribution in [2.24, 2.45) is 5.92 Å². The molecule has 0 unspecified atom stereocenters. The van der Waals surface area contributed by atoms with E-state index in [0.717, 1.165) is 4.88 Å². The fraction of sp³-hybridized carbons (Fsp3) is 0.273. The van der Waals surface area contributed by atoms with Crippen LogP contribution in [0.25, 0.3) is 12.2 Å². The fourth-order valence-corrected chi connectivity index (χ4v) is 6.00. The highest BCUT2D eigenvalue weighted by atomic mass is 32.2. The molecule has 1 fully saturated rings. The molecule has 1 amide bonds. The molecule has 1 aliphatic heterocycles. The van der Waals surface area contributed by atoms with Crippen LogP contribution >= 0.6 is 11.3 Å². The zero-order valence-corrected chi connectivity index (χ0v) is 18.7. The number of amides is 1. The summed E-state index contributed by atoms with van der Waals surface area (Å²) in [7, 11) is -3.86. The number of piperidine rings is 1. The molecular formula is C22H23N3O4S2. The van der Waals surface area contributed by atoms with Gasteiger partial charge < -0.3 is 9.84 Å². The SMILES string of the molecule is Cc1noc(/C=C/c2cccs2)c1S(=O)(=O)N1CCC[C@H](C(=O)Nc2ccccc2)C1. The van der Waals surface area contributed by atoms with Gasteiger partial charge in [-0.05, 0) is 55.5 Å². The van der Waals surface area contributed by atoms with E-state index in [2.05, 4.69) is 10.5 Å². The highest BCUT2D eigenvalue weighted by Gasteiger charge is 2.36. The minimum Gasteiger partial charge on any atom is -0.355 e. The summed E-state index contributed by atoms with van der Waals surface area (Å²) in [6, 6.07) is 13.0. The van der Waals surface area contributed by atoms with Crippen molar-refractivity contribution >= 4 is 45.1 Å². The zero-order valence-electron chi connectivity index (χ0n) is 17.0. The number of rotatable bonds is 6. The molecule has 0 saturated carbocycles. The largest absolute Gasteiger partial charge is 0.355 e. The van der Waals surface area contributed by atoms with E-state index >= 15 is 0 Å². The first-order chi connectivity index (χ1) is 14.9. The Balaban J connectivity index is 1.53. The zero-order chi connectivity index (χ0) is 21.8. The predicted molar refractivity (Wildman–Crippen MR) is 121 cm³/mol. The standard InChI is InChI=1S/C22H23N3O4S2/c1-16-21(20(29-24-16)12-11-19-10-6-14-30-19)31(27,28)25-13-5-7-17(15-25)22(26)23-18-8-3-2-4-9-18/h2-4,6,8-12,14,17H,5,7,13,15H2,1H3,(H,23,26)/b12-11+/t17-/m0/s1. The summed E-state index contributed by atoms with van der Waals surface area (Å²) in [5.41, 5.74) is 1.00. The number of aryl methyl sites for hydroxylation is 1. The van der Waals surface area contributed by atoms with E-state index in [0.29, 0.717) is 30.8 Å². The minimum atomic E-state index is -3.86. The van der Waals surface area contributed by atoms with Crippen molar-refractivity contribution in [2.45, 2.75) is 24.7 Å². The Kier molecular flexibility index (Phi) is 6.35. The number of carbonyl (C=O) groups is 1. The summed E-state index contributed by atoms with van der Waals surface area (Å²) >= 11 is 1.54. The van der Waals surface area contributed by atoms with E-state index in [1.54, 1.807) is 30.4 Å². The average molecular weight is 458 g/mol. The Morgan fingerprint density at radius 2 is 2.03 bits per heavy atom. The Hall–Kier alpha value is -2.75. The second-order valence-corrected chi connectivity index (χ2v) is 10.2. The number of hydrogen-bond acceptors (Lipinski definition) is 6. The molecule has 1 aromatic carbocycles. The van der Waals surface area contributed by atoms with Crippen LogP contribution in [-0.4, -0.2) is 36.9 Å². The molecule has 1 aliphatic rings. The second kappa shape index (κ2) is 9.17. The number of anilines is 1. The smallest absolute Gasteiger partial charge is 0.248 e. The minimum absolute atomic E-state index is 0.0597. The Morgan fingerprint density at radius 3 is 2.77 bits per heavy atom. The van der Waals surface area contributed by atoms with E-state index in [9.17, 15) is 13.2 Å². The lowest BCUT2D eigenvalue weighted by molar-refractivity contribution is -0.120. The lowest BCUT2D eigenvalue weighted by atomic mass is 9.99. The van der Waals surface area contributed by atoms with Crippen molar-refractivity contribution in [3.05, 3.63) is 64.2 Å². The van der Waals surface area contributed by atoms with Gasteiger partial charge in [0.25, 0.3) is 0 Å². The maximum atomic E-state index is 13.4. The van der Waals surface area contributed by atoms with Crippen LogP contribution in [0.1, 0.15) is 29.2 Å². The quantitative estimate of drug-likeness (QED) is 0.597. The maximum Gasteiger partial charge on any atom is 0.248 e. The van der Waals surface area contributed by atoms with Crippen molar-refractivity contribution < 1.29 is 17.7 Å². The van der Waals surface area contributed by atoms with Crippen LogP contribution in [0.5, 0.6) is 0 Å². The topological polar surface area (TPSA) is 92.5 Å². The van der Waals surface area contributed by atoms with Crippen molar-refractivity contribution in [1.29, 1.82) is 0 Å². The molecule has 1 atom stereocenters.